The zero-order valence-corrected chi connectivity index (χ0v) is 27.2. The smallest absolute Gasteiger partial charge is 0.319 e. The molecule has 7 heterocycles. The van der Waals surface area contributed by atoms with Gasteiger partial charge in [0.2, 0.25) is 0 Å². The molecule has 3 N–H and O–H groups in total. The Kier molecular flexibility index (Phi) is 7.19. The molecule has 16 heteroatoms. The van der Waals surface area contributed by atoms with Crippen LogP contribution < -0.4 is 20.7 Å². The number of ether oxygens (including phenoxy) is 2. The van der Waals surface area contributed by atoms with Crippen molar-refractivity contribution in [1.29, 1.82) is 0 Å². The SMILES string of the molecule is Nc1nc2c(C3=C(F)c4nc(OCC56CCCN5C[C@H](F)C6)nc(N5C6CNCC5COC6)c4S(=O)N3CC3CC3)ccc(F)c2s1. The van der Waals surface area contributed by atoms with Crippen molar-refractivity contribution in [3.63, 3.8) is 0 Å². The van der Waals surface area contributed by atoms with Gasteiger partial charge in [0.25, 0.3) is 0 Å². The van der Waals surface area contributed by atoms with Crippen molar-refractivity contribution < 1.29 is 26.9 Å². The number of hydrogen-bond donors (Lipinski definition) is 2. The van der Waals surface area contributed by atoms with Crippen LogP contribution in [0.5, 0.6) is 6.01 Å². The fraction of sp³-hybridized carbons (Fsp3) is 0.581. The molecule has 11 nitrogen and oxygen atoms in total. The van der Waals surface area contributed by atoms with E-state index in [9.17, 15) is 13.0 Å². The highest BCUT2D eigenvalue weighted by atomic mass is 32.2. The molecule has 2 aromatic heterocycles. The van der Waals surface area contributed by atoms with Crippen LogP contribution in [0.1, 0.15) is 43.4 Å². The van der Waals surface area contributed by atoms with E-state index in [0.717, 1.165) is 43.6 Å². The van der Waals surface area contributed by atoms with Crippen LogP contribution in [0.3, 0.4) is 0 Å². The summed E-state index contributed by atoms with van der Waals surface area (Å²) in [6.07, 6.45) is 3.03. The van der Waals surface area contributed by atoms with E-state index in [-0.39, 0.29) is 62.3 Å². The lowest BCUT2D eigenvalue weighted by atomic mass is 9.95. The fourth-order valence-electron chi connectivity index (χ4n) is 8.04. The van der Waals surface area contributed by atoms with Crippen molar-refractivity contribution in [1.82, 2.24) is 29.5 Å². The molecule has 0 amide bonds. The Bertz CT molecular complexity index is 1800. The van der Waals surface area contributed by atoms with Crippen molar-refractivity contribution in [3.8, 4) is 6.01 Å². The Labute approximate surface area is 275 Å². The molecule has 1 aliphatic carbocycles. The average Bonchev–Trinajstić information content (AvgIpc) is 3.52. The van der Waals surface area contributed by atoms with Crippen LogP contribution in [0, 0.1) is 11.7 Å². The third kappa shape index (κ3) is 4.92. The number of aromatic nitrogens is 3. The number of benzene rings is 1. The van der Waals surface area contributed by atoms with Gasteiger partial charge in [0.05, 0.1) is 46.8 Å². The number of fused-ring (bicyclic) bond motifs is 5. The van der Waals surface area contributed by atoms with Crippen LogP contribution in [0.4, 0.5) is 24.1 Å². The van der Waals surface area contributed by atoms with E-state index >= 15 is 4.39 Å². The normalized spacial score (nSPS) is 30.7. The molecule has 47 heavy (non-hydrogen) atoms. The van der Waals surface area contributed by atoms with E-state index in [0.29, 0.717) is 57.2 Å². The molecule has 5 aliphatic heterocycles. The minimum Gasteiger partial charge on any atom is -0.461 e. The molecule has 9 rings (SSSR count). The molecular weight excluding hydrogens is 654 g/mol. The summed E-state index contributed by atoms with van der Waals surface area (Å²) >= 11 is 0.982. The lowest BCUT2D eigenvalue weighted by Gasteiger charge is -2.47. The number of alkyl halides is 1. The molecule has 6 aliphatic rings. The van der Waals surface area contributed by atoms with Crippen molar-refractivity contribution >= 4 is 55.0 Å². The number of thiazole rings is 1. The van der Waals surface area contributed by atoms with E-state index in [1.54, 1.807) is 4.31 Å². The number of piperazine rings is 1. The Morgan fingerprint density at radius 1 is 1.17 bits per heavy atom. The highest BCUT2D eigenvalue weighted by Gasteiger charge is 2.50. The van der Waals surface area contributed by atoms with Gasteiger partial charge in [-0.2, -0.15) is 9.97 Å². The van der Waals surface area contributed by atoms with Crippen molar-refractivity contribution in [2.45, 2.75) is 60.8 Å². The van der Waals surface area contributed by atoms with Gasteiger partial charge >= 0.3 is 6.01 Å². The summed E-state index contributed by atoms with van der Waals surface area (Å²) in [6, 6.07) is 2.42. The van der Waals surface area contributed by atoms with Gasteiger partial charge in [-0.05, 0) is 50.3 Å². The second-order valence-electron chi connectivity index (χ2n) is 13.5. The topological polar surface area (TPSA) is 122 Å². The maximum absolute atomic E-state index is 17.4. The number of nitrogens with two attached hydrogens (primary N) is 1. The third-order valence-electron chi connectivity index (χ3n) is 10.4. The Morgan fingerprint density at radius 3 is 2.77 bits per heavy atom. The van der Waals surface area contributed by atoms with Gasteiger partial charge in [0, 0.05) is 38.2 Å². The van der Waals surface area contributed by atoms with E-state index in [1.165, 1.54) is 12.1 Å². The van der Waals surface area contributed by atoms with Crippen molar-refractivity contribution in [3.05, 3.63) is 29.2 Å². The van der Waals surface area contributed by atoms with E-state index in [4.69, 9.17) is 20.2 Å². The highest BCUT2D eigenvalue weighted by Crippen LogP contribution is 2.48. The van der Waals surface area contributed by atoms with Gasteiger partial charge < -0.3 is 25.4 Å². The second kappa shape index (κ2) is 11.3. The summed E-state index contributed by atoms with van der Waals surface area (Å²) in [5.41, 5.74) is 5.94. The van der Waals surface area contributed by atoms with Gasteiger partial charge in [-0.25, -0.2) is 22.4 Å². The summed E-state index contributed by atoms with van der Waals surface area (Å²) in [5.74, 6) is -0.635. The number of nitrogen functional groups attached to an aromatic ring is 1. The van der Waals surface area contributed by atoms with Crippen molar-refractivity contribution in [2.24, 2.45) is 5.92 Å². The molecule has 4 unspecified atom stereocenters. The number of halogens is 3. The highest BCUT2D eigenvalue weighted by molar-refractivity contribution is 7.83. The third-order valence-corrected chi connectivity index (χ3v) is 12.7. The Morgan fingerprint density at radius 2 is 1.98 bits per heavy atom. The predicted molar refractivity (Wildman–Crippen MR) is 172 cm³/mol. The zero-order chi connectivity index (χ0) is 32.0. The Balaban J connectivity index is 1.22. The van der Waals surface area contributed by atoms with Gasteiger partial charge in [-0.3, -0.25) is 9.21 Å². The van der Waals surface area contributed by atoms with Crippen LogP contribution in [0.15, 0.2) is 17.0 Å². The van der Waals surface area contributed by atoms with E-state index in [2.05, 4.69) is 25.1 Å². The molecule has 5 atom stereocenters. The molecule has 2 bridgehead atoms. The molecule has 0 radical (unpaired) electrons. The maximum atomic E-state index is 17.4. The lowest BCUT2D eigenvalue weighted by molar-refractivity contribution is 0.0516. The molecule has 4 saturated heterocycles. The van der Waals surface area contributed by atoms with Crippen LogP contribution in [-0.2, 0) is 15.7 Å². The molecule has 5 fully saturated rings. The van der Waals surface area contributed by atoms with Gasteiger partial charge in [0.1, 0.15) is 29.2 Å². The van der Waals surface area contributed by atoms with Crippen LogP contribution >= 0.6 is 11.3 Å². The van der Waals surface area contributed by atoms with E-state index in [1.807, 2.05) is 0 Å². The summed E-state index contributed by atoms with van der Waals surface area (Å²) < 4.78 is 75.6. The number of nitrogens with one attached hydrogen (secondary N) is 1. The maximum Gasteiger partial charge on any atom is 0.319 e. The minimum atomic E-state index is -1.93. The van der Waals surface area contributed by atoms with Gasteiger partial charge in [0.15, 0.2) is 27.8 Å². The first-order chi connectivity index (χ1) is 22.8. The molecule has 1 aromatic carbocycles. The number of morpholine rings is 1. The quantitative estimate of drug-likeness (QED) is 0.382. The molecule has 0 spiro atoms. The molecule has 1 saturated carbocycles. The zero-order valence-electron chi connectivity index (χ0n) is 25.6. The standard InChI is InChI=1S/C31H35F3N8O3S2/c32-17-8-31(6-1-7-40(31)12-17)15-45-30-38-24-22(34)25(20-4-5-21(33)26-23(20)37-29(35)46-26)41(11-16-2-3-16)47(43)27(24)28(39-30)42-18-9-36-10-19(42)14-44-13-18/h4-5,16-19,36H,1-3,6-15H2,(H2,35,37)/t17-,18?,19?,31?,47?/m1/s1. The summed E-state index contributed by atoms with van der Waals surface area (Å²) in [5, 5.41) is 3.58. The van der Waals surface area contributed by atoms with Crippen molar-refractivity contribution in [2.75, 3.05) is 63.2 Å². The van der Waals surface area contributed by atoms with Gasteiger partial charge in [-0.15, -0.1) is 0 Å². The minimum absolute atomic E-state index is 0.0362. The average molecular weight is 689 g/mol. The first-order valence-corrected chi connectivity index (χ1v) is 18.2. The van der Waals surface area contributed by atoms with Crippen LogP contribution in [-0.4, -0.2) is 105 Å². The molecule has 250 valence electrons. The lowest BCUT2D eigenvalue weighted by Crippen LogP contribution is -2.64. The monoisotopic (exact) mass is 688 g/mol. The number of nitrogens with zero attached hydrogens (tertiary/aromatic N) is 6. The molecular formula is C31H35F3N8O3S2. The number of rotatable bonds is 7. The van der Waals surface area contributed by atoms with Gasteiger partial charge in [-0.1, -0.05) is 11.3 Å². The summed E-state index contributed by atoms with van der Waals surface area (Å²) in [6.45, 7) is 3.75. The number of anilines is 2. The van der Waals surface area contributed by atoms with Crippen LogP contribution in [0.2, 0.25) is 0 Å². The second-order valence-corrected chi connectivity index (χ2v) is 15.9. The van der Waals surface area contributed by atoms with E-state index < -0.39 is 34.3 Å². The first-order valence-electron chi connectivity index (χ1n) is 16.2. The predicted octanol–water partition coefficient (Wildman–Crippen LogP) is 3.48. The van der Waals surface area contributed by atoms with Crippen LogP contribution in [0.25, 0.3) is 21.7 Å². The number of hydrogen-bond acceptors (Lipinski definition) is 11. The largest absolute Gasteiger partial charge is 0.461 e. The molecule has 3 aromatic rings. The Hall–Kier alpha value is -3.05. The fourth-order valence-corrected chi connectivity index (χ4v) is 10.3. The first kappa shape index (κ1) is 30.0. The summed E-state index contributed by atoms with van der Waals surface area (Å²) in [7, 11) is -1.93. The summed E-state index contributed by atoms with van der Waals surface area (Å²) in [4.78, 5) is 18.2.